The Labute approximate surface area is 218 Å². The van der Waals surface area contributed by atoms with E-state index in [-0.39, 0.29) is 24.4 Å². The first-order valence-electron chi connectivity index (χ1n) is 11.2. The molecule has 0 radical (unpaired) electrons. The summed E-state index contributed by atoms with van der Waals surface area (Å²) < 4.78 is 56.6. The van der Waals surface area contributed by atoms with Gasteiger partial charge in [0.2, 0.25) is 0 Å². The van der Waals surface area contributed by atoms with Gasteiger partial charge >= 0.3 is 11.9 Å². The van der Waals surface area contributed by atoms with E-state index < -0.39 is 41.0 Å². The van der Waals surface area contributed by atoms with Crippen LogP contribution in [0.4, 0.5) is 17.6 Å². The minimum Gasteiger partial charge on any atom is -0.298 e. The van der Waals surface area contributed by atoms with Crippen LogP contribution in [-0.4, -0.2) is 20.1 Å². The summed E-state index contributed by atoms with van der Waals surface area (Å²) in [4.78, 5) is 26.8. The Kier molecular flexibility index (Phi) is 7.43. The number of benzene rings is 2. The maximum absolute atomic E-state index is 14.3. The lowest BCUT2D eigenvalue weighted by molar-refractivity contribution is -0.137. The molecule has 0 aliphatic rings. The van der Waals surface area contributed by atoms with Gasteiger partial charge in [0.1, 0.15) is 12.4 Å². The second-order valence-corrected chi connectivity index (χ2v) is 10.9. The van der Waals surface area contributed by atoms with Crippen LogP contribution in [0.5, 0.6) is 0 Å². The average Bonchev–Trinajstić information content (AvgIpc) is 3.38. The molecule has 0 amide bonds. The second kappa shape index (κ2) is 10.3. The van der Waals surface area contributed by atoms with Gasteiger partial charge in [-0.05, 0) is 35.2 Å². The molecule has 0 spiro atoms. The second-order valence-electron chi connectivity index (χ2n) is 9.22. The van der Waals surface area contributed by atoms with Crippen LogP contribution in [0, 0.1) is 5.82 Å². The Morgan fingerprint density at radius 3 is 2.38 bits per heavy atom. The summed E-state index contributed by atoms with van der Waals surface area (Å²) in [5.41, 5.74) is -1.73. The zero-order valence-electron chi connectivity index (χ0n) is 19.9. The normalized spacial score (nSPS) is 12.2. The molecule has 11 heteroatoms. The number of hydrogen-bond donors (Lipinski definition) is 0. The lowest BCUT2D eigenvalue weighted by atomic mass is 9.79. The van der Waals surface area contributed by atoms with Gasteiger partial charge in [-0.1, -0.05) is 61.8 Å². The molecule has 5 nitrogen and oxygen atoms in total. The third kappa shape index (κ3) is 6.02. The van der Waals surface area contributed by atoms with E-state index in [9.17, 15) is 27.2 Å². The number of alkyl halides is 3. The number of thiophene rings is 1. The fraction of sp³-hybridized carbons (Fsp3) is 0.269. The van der Waals surface area contributed by atoms with Crippen LogP contribution in [0.2, 0.25) is 4.34 Å². The van der Waals surface area contributed by atoms with E-state index >= 15 is 0 Å². The van der Waals surface area contributed by atoms with Gasteiger partial charge in [0, 0.05) is 12.0 Å². The third-order valence-corrected chi connectivity index (χ3v) is 7.17. The molecule has 0 unspecified atom stereocenters. The minimum absolute atomic E-state index is 0.111. The summed E-state index contributed by atoms with van der Waals surface area (Å²) in [6.07, 6.45) is -4.63. The van der Waals surface area contributed by atoms with Crippen molar-refractivity contribution in [1.82, 2.24) is 14.3 Å². The predicted octanol–water partition coefficient (Wildman–Crippen LogP) is 6.57. The van der Waals surface area contributed by atoms with Crippen LogP contribution >= 0.6 is 22.9 Å². The van der Waals surface area contributed by atoms with E-state index in [0.717, 1.165) is 16.8 Å². The van der Waals surface area contributed by atoms with Gasteiger partial charge in [0.15, 0.2) is 11.6 Å². The van der Waals surface area contributed by atoms with Gasteiger partial charge < -0.3 is 0 Å². The van der Waals surface area contributed by atoms with Crippen LogP contribution in [0.25, 0.3) is 10.7 Å². The topological polar surface area (TPSA) is 56.9 Å². The van der Waals surface area contributed by atoms with Crippen LogP contribution in [0.15, 0.2) is 65.5 Å². The molecule has 0 saturated heterocycles. The molecule has 4 aromatic rings. The van der Waals surface area contributed by atoms with Gasteiger partial charge in [-0.25, -0.2) is 13.9 Å². The van der Waals surface area contributed by atoms with Crippen molar-refractivity contribution in [2.24, 2.45) is 0 Å². The molecule has 4 rings (SSSR count). The molecule has 0 bridgehead atoms. The number of nitrogens with zero attached hydrogens (tertiary/aromatic N) is 3. The van der Waals surface area contributed by atoms with Gasteiger partial charge in [-0.3, -0.25) is 9.36 Å². The lowest BCUT2D eigenvalue weighted by Crippen LogP contribution is -2.31. The van der Waals surface area contributed by atoms with Crippen LogP contribution in [0.3, 0.4) is 0 Å². The molecule has 0 atom stereocenters. The molecular weight excluding hydrogens is 530 g/mol. The molecule has 194 valence electrons. The van der Waals surface area contributed by atoms with Crippen molar-refractivity contribution < 1.29 is 22.4 Å². The molecule has 37 heavy (non-hydrogen) atoms. The quantitative estimate of drug-likeness (QED) is 0.233. The van der Waals surface area contributed by atoms with Crippen molar-refractivity contribution in [2.75, 3.05) is 0 Å². The van der Waals surface area contributed by atoms with Crippen molar-refractivity contribution >= 4 is 28.7 Å². The van der Waals surface area contributed by atoms with E-state index in [1.807, 2.05) is 0 Å². The Hall–Kier alpha value is -3.24. The molecule has 0 N–H and O–H groups in total. The van der Waals surface area contributed by atoms with Gasteiger partial charge in [0.05, 0.1) is 21.3 Å². The SMILES string of the molecule is CC(C)(CC(=O)Cn1nc(-c2ccc(Cl)s2)n(Cc2ccccc2F)c1=O)c1cccc(C(F)(F)F)c1. The Balaban J connectivity index is 1.62. The van der Waals surface area contributed by atoms with E-state index in [4.69, 9.17) is 11.6 Å². The van der Waals surface area contributed by atoms with Crippen molar-refractivity contribution in [1.29, 1.82) is 0 Å². The number of carbonyl (C=O) groups excluding carboxylic acids is 1. The molecule has 0 saturated carbocycles. The molecular formula is C26H22ClF4N3O2S. The van der Waals surface area contributed by atoms with E-state index in [1.165, 1.54) is 40.2 Å². The fourth-order valence-electron chi connectivity index (χ4n) is 4.03. The summed E-state index contributed by atoms with van der Waals surface area (Å²) in [7, 11) is 0. The molecule has 2 aromatic carbocycles. The highest BCUT2D eigenvalue weighted by molar-refractivity contribution is 7.19. The Morgan fingerprint density at radius 2 is 1.73 bits per heavy atom. The Morgan fingerprint density at radius 1 is 1.03 bits per heavy atom. The highest BCUT2D eigenvalue weighted by atomic mass is 35.5. The van der Waals surface area contributed by atoms with Crippen molar-refractivity contribution in [2.45, 2.75) is 44.9 Å². The predicted molar refractivity (Wildman–Crippen MR) is 134 cm³/mol. The maximum Gasteiger partial charge on any atom is 0.416 e. The fourth-order valence-corrected chi connectivity index (χ4v) is 5.07. The number of rotatable bonds is 8. The summed E-state index contributed by atoms with van der Waals surface area (Å²) in [6.45, 7) is 2.83. The number of Topliss-reactive ketones (excluding diaryl/α,β-unsaturated/α-hetero) is 1. The number of halogens is 5. The number of ketones is 1. The van der Waals surface area contributed by atoms with Crippen LogP contribution in [-0.2, 0) is 29.5 Å². The average molecular weight is 552 g/mol. The first-order valence-corrected chi connectivity index (χ1v) is 12.4. The zero-order chi connectivity index (χ0) is 27.0. The monoisotopic (exact) mass is 551 g/mol. The third-order valence-electron chi connectivity index (χ3n) is 5.94. The first-order chi connectivity index (χ1) is 17.3. The Bertz CT molecular complexity index is 1500. The first kappa shape index (κ1) is 26.8. The van der Waals surface area contributed by atoms with Crippen molar-refractivity contribution in [3.8, 4) is 10.7 Å². The molecule has 2 heterocycles. The van der Waals surface area contributed by atoms with E-state index in [2.05, 4.69) is 5.10 Å². The van der Waals surface area contributed by atoms with Crippen LogP contribution < -0.4 is 5.69 Å². The summed E-state index contributed by atoms with van der Waals surface area (Å²) in [5, 5.41) is 4.34. The van der Waals surface area contributed by atoms with Gasteiger partial charge in [0.25, 0.3) is 0 Å². The number of hydrogen-bond acceptors (Lipinski definition) is 4. The summed E-state index contributed by atoms with van der Waals surface area (Å²) in [5.74, 6) is -0.651. The van der Waals surface area contributed by atoms with Crippen LogP contribution in [0.1, 0.15) is 37.0 Å². The minimum atomic E-state index is -4.50. The molecule has 0 fully saturated rings. The zero-order valence-corrected chi connectivity index (χ0v) is 21.4. The van der Waals surface area contributed by atoms with Gasteiger partial charge in [-0.15, -0.1) is 16.4 Å². The van der Waals surface area contributed by atoms with Crippen molar-refractivity contribution in [3.63, 3.8) is 0 Å². The number of carbonyl (C=O) groups is 1. The smallest absolute Gasteiger partial charge is 0.298 e. The summed E-state index contributed by atoms with van der Waals surface area (Å²) >= 11 is 7.24. The largest absolute Gasteiger partial charge is 0.416 e. The molecule has 2 aromatic heterocycles. The van der Waals surface area contributed by atoms with Gasteiger partial charge in [-0.2, -0.15) is 13.2 Å². The highest BCUT2D eigenvalue weighted by Gasteiger charge is 2.33. The van der Waals surface area contributed by atoms with Crippen molar-refractivity contribution in [3.05, 3.63) is 98.0 Å². The standard InChI is InChI=1S/C26H22ClF4N3O2S/c1-25(2,17-7-5-8-18(12-17)26(29,30)31)13-19(35)15-34-24(36)33(14-16-6-3-4-9-20(16)28)23(32-34)21-10-11-22(27)37-21/h3-12H,13-15H2,1-2H3. The molecule has 0 aliphatic heterocycles. The highest BCUT2D eigenvalue weighted by Crippen LogP contribution is 2.34. The summed E-state index contributed by atoms with van der Waals surface area (Å²) in [6, 6.07) is 14.2. The number of aromatic nitrogens is 3. The van der Waals surface area contributed by atoms with E-state index in [0.29, 0.717) is 14.8 Å². The lowest BCUT2D eigenvalue weighted by Gasteiger charge is -2.25. The van der Waals surface area contributed by atoms with E-state index in [1.54, 1.807) is 38.1 Å². The maximum atomic E-state index is 14.3. The molecule has 0 aliphatic carbocycles.